The van der Waals surface area contributed by atoms with Gasteiger partial charge in [-0.2, -0.15) is 0 Å². The number of ether oxygens (including phenoxy) is 1. The predicted molar refractivity (Wildman–Crippen MR) is 72.3 cm³/mol. The largest absolute Gasteiger partial charge is 0.481 e. The summed E-state index contributed by atoms with van der Waals surface area (Å²) in [6.07, 6.45) is -0.644. The van der Waals surface area contributed by atoms with E-state index in [1.54, 1.807) is 6.92 Å². The summed E-state index contributed by atoms with van der Waals surface area (Å²) < 4.78 is 27.8. The Morgan fingerprint density at radius 1 is 1.29 bits per heavy atom. The molecule has 0 saturated carbocycles. The molecule has 0 aliphatic carbocycles. The van der Waals surface area contributed by atoms with E-state index in [1.165, 1.54) is 4.90 Å². The Hall–Kier alpha value is -1.64. The molecule has 1 unspecified atom stereocenters. The zero-order chi connectivity index (χ0) is 16.0. The Morgan fingerprint density at radius 2 is 1.95 bits per heavy atom. The maximum Gasteiger partial charge on any atom is 0.306 e. The Kier molecular flexibility index (Phi) is 6.13. The number of amides is 1. The molecule has 1 rings (SSSR count). The molecule has 0 aromatic carbocycles. The van der Waals surface area contributed by atoms with Gasteiger partial charge < -0.3 is 14.7 Å². The minimum atomic E-state index is -3.33. The minimum absolute atomic E-state index is 0.0397. The van der Waals surface area contributed by atoms with Crippen LogP contribution in [0.5, 0.6) is 0 Å². The number of esters is 1. The molecule has 9 heteroatoms. The fourth-order valence-electron chi connectivity index (χ4n) is 2.17. The molecule has 0 spiro atoms. The highest BCUT2D eigenvalue weighted by molar-refractivity contribution is 7.91. The van der Waals surface area contributed by atoms with E-state index in [-0.39, 0.29) is 37.5 Å². The van der Waals surface area contributed by atoms with Gasteiger partial charge in [-0.1, -0.05) is 0 Å². The normalized spacial score (nSPS) is 20.8. The summed E-state index contributed by atoms with van der Waals surface area (Å²) in [5.74, 6) is -2.65. The Balaban J connectivity index is 2.66. The lowest BCUT2D eigenvalue weighted by molar-refractivity contribution is -0.147. The first-order chi connectivity index (χ1) is 9.75. The van der Waals surface area contributed by atoms with Crippen LogP contribution in [0.3, 0.4) is 0 Å². The van der Waals surface area contributed by atoms with Gasteiger partial charge >= 0.3 is 11.9 Å². The molecule has 21 heavy (non-hydrogen) atoms. The van der Waals surface area contributed by atoms with E-state index in [2.05, 4.69) is 0 Å². The number of carbonyl (C=O) groups excluding carboxylic acids is 2. The van der Waals surface area contributed by atoms with Crippen LogP contribution in [-0.2, 0) is 29.0 Å². The van der Waals surface area contributed by atoms with Crippen LogP contribution in [0.4, 0.5) is 0 Å². The lowest BCUT2D eigenvalue weighted by Gasteiger charge is -2.34. The highest BCUT2D eigenvalue weighted by Gasteiger charge is 2.35. The molecule has 0 aromatic rings. The van der Waals surface area contributed by atoms with E-state index >= 15 is 0 Å². The molecule has 1 aliphatic heterocycles. The molecule has 120 valence electrons. The van der Waals surface area contributed by atoms with Crippen molar-refractivity contribution in [1.29, 1.82) is 0 Å². The second kappa shape index (κ2) is 7.39. The molecule has 1 saturated heterocycles. The van der Waals surface area contributed by atoms with E-state index in [4.69, 9.17) is 9.84 Å². The van der Waals surface area contributed by atoms with E-state index in [1.807, 2.05) is 0 Å². The Morgan fingerprint density at radius 3 is 2.52 bits per heavy atom. The Bertz CT molecular complexity index is 514. The number of carbonyl (C=O) groups is 3. The van der Waals surface area contributed by atoms with Crippen molar-refractivity contribution in [3.8, 4) is 0 Å². The molecule has 1 atom stereocenters. The molecule has 1 amide bonds. The average Bonchev–Trinajstić information content (AvgIpc) is 2.34. The van der Waals surface area contributed by atoms with Crippen molar-refractivity contribution in [1.82, 2.24) is 4.90 Å². The van der Waals surface area contributed by atoms with Crippen molar-refractivity contribution in [2.45, 2.75) is 32.2 Å². The summed E-state index contributed by atoms with van der Waals surface area (Å²) in [6, 6.07) is -0.879. The molecule has 1 fully saturated rings. The van der Waals surface area contributed by atoms with E-state index < -0.39 is 40.1 Å². The SMILES string of the molecule is CCOC(=O)CCC(=O)N1CCS(=O)(=O)CC1CC(=O)O. The van der Waals surface area contributed by atoms with Crippen molar-refractivity contribution in [3.05, 3.63) is 0 Å². The number of sulfone groups is 1. The van der Waals surface area contributed by atoms with Gasteiger partial charge in [-0.25, -0.2) is 8.42 Å². The molecule has 1 aliphatic rings. The molecule has 8 nitrogen and oxygen atoms in total. The van der Waals surface area contributed by atoms with Crippen LogP contribution in [0.2, 0.25) is 0 Å². The van der Waals surface area contributed by atoms with Gasteiger partial charge in [-0.3, -0.25) is 14.4 Å². The third-order valence-electron chi connectivity index (χ3n) is 3.11. The first kappa shape index (κ1) is 17.4. The van der Waals surface area contributed by atoms with Crippen molar-refractivity contribution < 1.29 is 32.6 Å². The first-order valence-corrected chi connectivity index (χ1v) is 8.44. The van der Waals surface area contributed by atoms with Crippen LogP contribution in [0.15, 0.2) is 0 Å². The number of nitrogens with zero attached hydrogens (tertiary/aromatic N) is 1. The second-order valence-corrected chi connectivity index (χ2v) is 6.99. The monoisotopic (exact) mass is 321 g/mol. The summed E-state index contributed by atoms with van der Waals surface area (Å²) in [4.78, 5) is 35.3. The molecule has 0 bridgehead atoms. The fourth-order valence-corrected chi connectivity index (χ4v) is 3.70. The first-order valence-electron chi connectivity index (χ1n) is 6.62. The molecular formula is C12H19NO7S. The molecule has 0 aromatic heterocycles. The second-order valence-electron chi connectivity index (χ2n) is 4.76. The number of carboxylic acids is 1. The van der Waals surface area contributed by atoms with Gasteiger partial charge in [0.2, 0.25) is 5.91 Å². The van der Waals surface area contributed by atoms with Gasteiger partial charge in [0.15, 0.2) is 9.84 Å². The lowest BCUT2D eigenvalue weighted by Crippen LogP contribution is -2.52. The summed E-state index contributed by atoms with van der Waals surface area (Å²) in [7, 11) is -3.33. The van der Waals surface area contributed by atoms with E-state index in [0.717, 1.165) is 0 Å². The van der Waals surface area contributed by atoms with Crippen molar-refractivity contribution in [2.75, 3.05) is 24.7 Å². The smallest absolute Gasteiger partial charge is 0.306 e. The number of carboxylic acid groups (broad SMARTS) is 1. The van der Waals surface area contributed by atoms with Crippen molar-refractivity contribution in [2.24, 2.45) is 0 Å². The average molecular weight is 321 g/mol. The van der Waals surface area contributed by atoms with Gasteiger partial charge in [-0.15, -0.1) is 0 Å². The van der Waals surface area contributed by atoms with Crippen LogP contribution < -0.4 is 0 Å². The molecule has 1 N–H and O–H groups in total. The van der Waals surface area contributed by atoms with Gasteiger partial charge in [0.1, 0.15) is 0 Å². The fraction of sp³-hybridized carbons (Fsp3) is 0.750. The zero-order valence-corrected chi connectivity index (χ0v) is 12.6. The Labute approximate surface area is 123 Å². The van der Waals surface area contributed by atoms with Crippen molar-refractivity contribution >= 4 is 27.7 Å². The predicted octanol–water partition coefficient (Wildman–Crippen LogP) is -0.570. The van der Waals surface area contributed by atoms with Gasteiger partial charge in [0, 0.05) is 13.0 Å². The van der Waals surface area contributed by atoms with Gasteiger partial charge in [-0.05, 0) is 6.92 Å². The minimum Gasteiger partial charge on any atom is -0.481 e. The quantitative estimate of drug-likeness (QED) is 0.651. The zero-order valence-electron chi connectivity index (χ0n) is 11.8. The van der Waals surface area contributed by atoms with Crippen LogP contribution in [0, 0.1) is 0 Å². The third kappa shape index (κ3) is 5.70. The number of aliphatic carboxylic acids is 1. The van der Waals surface area contributed by atoms with Crippen LogP contribution >= 0.6 is 0 Å². The topological polar surface area (TPSA) is 118 Å². The molecular weight excluding hydrogens is 302 g/mol. The summed E-state index contributed by atoms with van der Waals surface area (Å²) >= 11 is 0. The van der Waals surface area contributed by atoms with Gasteiger partial charge in [0.05, 0.1) is 37.0 Å². The number of hydrogen-bond donors (Lipinski definition) is 1. The summed E-state index contributed by atoms with van der Waals surface area (Å²) in [5.41, 5.74) is 0. The maximum atomic E-state index is 12.0. The van der Waals surface area contributed by atoms with Gasteiger partial charge in [0.25, 0.3) is 0 Å². The molecule has 0 radical (unpaired) electrons. The van der Waals surface area contributed by atoms with Crippen molar-refractivity contribution in [3.63, 3.8) is 0 Å². The standard InChI is InChI=1S/C12H19NO7S/c1-2-20-12(17)4-3-10(14)13-5-6-21(18,19)8-9(13)7-11(15)16/h9H,2-8H2,1H3,(H,15,16). The lowest BCUT2D eigenvalue weighted by atomic mass is 10.1. The van der Waals surface area contributed by atoms with Crippen LogP contribution in [-0.4, -0.2) is 67.0 Å². The maximum absolute atomic E-state index is 12.0. The highest BCUT2D eigenvalue weighted by atomic mass is 32.2. The highest BCUT2D eigenvalue weighted by Crippen LogP contribution is 2.17. The number of rotatable bonds is 6. The van der Waals surface area contributed by atoms with Crippen LogP contribution in [0.25, 0.3) is 0 Å². The molecule has 1 heterocycles. The van der Waals surface area contributed by atoms with Crippen LogP contribution in [0.1, 0.15) is 26.2 Å². The number of hydrogen-bond acceptors (Lipinski definition) is 6. The van der Waals surface area contributed by atoms with E-state index in [0.29, 0.717) is 0 Å². The third-order valence-corrected chi connectivity index (χ3v) is 4.81. The van der Waals surface area contributed by atoms with E-state index in [9.17, 15) is 22.8 Å². The summed E-state index contributed by atoms with van der Waals surface area (Å²) in [6.45, 7) is 1.83. The summed E-state index contributed by atoms with van der Waals surface area (Å²) in [5, 5.41) is 8.82.